The van der Waals surface area contributed by atoms with Crippen LogP contribution in [0, 0.1) is 40.9 Å². The second-order valence-electron chi connectivity index (χ2n) is 17.4. The second-order valence-corrected chi connectivity index (χ2v) is 17.4. The van der Waals surface area contributed by atoms with Crippen LogP contribution in [0.15, 0.2) is 143 Å². The molecule has 3 heterocycles. The van der Waals surface area contributed by atoms with Crippen LogP contribution in [0.1, 0.15) is 95.9 Å². The zero-order valence-corrected chi connectivity index (χ0v) is 40.5. The van der Waals surface area contributed by atoms with E-state index in [0.29, 0.717) is 0 Å². The Labute approximate surface area is 380 Å². The third-order valence-electron chi connectivity index (χ3n) is 9.43. The third kappa shape index (κ3) is 16.2. The number of benzene rings is 3. The fourth-order valence-electron chi connectivity index (χ4n) is 6.17. The molecule has 6 rings (SSSR count). The van der Waals surface area contributed by atoms with Crippen LogP contribution in [0.4, 0.5) is 17.1 Å². The molecule has 0 bridgehead atoms. The van der Waals surface area contributed by atoms with Crippen LogP contribution in [0.25, 0.3) is 33.8 Å². The summed E-state index contributed by atoms with van der Waals surface area (Å²) in [6.07, 6.45) is 9.37. The number of hydrogen-bond donors (Lipinski definition) is 0. The minimum absolute atomic E-state index is 0. The summed E-state index contributed by atoms with van der Waals surface area (Å²) in [5, 5.41) is 0. The zero-order chi connectivity index (χ0) is 43.8. The molecule has 0 saturated heterocycles. The molecule has 0 unspecified atom stereocenters. The smallest absolute Gasteiger partial charge is 0.0160 e. The molecule has 0 aliphatic heterocycles. The van der Waals surface area contributed by atoms with E-state index >= 15 is 0 Å². The van der Waals surface area contributed by atoms with Crippen LogP contribution >= 0.6 is 0 Å². The average molecular weight is 987 g/mol. The first kappa shape index (κ1) is 50.0. The molecule has 0 spiro atoms. The molecule has 0 saturated carbocycles. The van der Waals surface area contributed by atoms with Gasteiger partial charge in [0.05, 0.1) is 0 Å². The van der Waals surface area contributed by atoms with E-state index in [1.54, 1.807) is 18.6 Å². The normalized spacial score (nSPS) is 12.2. The molecule has 7 heteroatoms. The standard InChI is InChI=1S/2C18H21N2.C18H20N2.Ir/c3*1-5-17(18(2,3)4)20-15-11-9-14(10-12-15)16-8-6-7-13-19-16;/h2*6-9,11-13H,5H2,1-4H3;5-9,11-13H,1-4H3;/q2*-1;-2;. The average Bonchev–Trinajstić information content (AvgIpc) is 3.24. The van der Waals surface area contributed by atoms with Gasteiger partial charge < -0.3 is 36.3 Å². The van der Waals surface area contributed by atoms with Gasteiger partial charge in [-0.15, -0.1) is 95.2 Å². The van der Waals surface area contributed by atoms with Crippen molar-refractivity contribution in [3.63, 3.8) is 0 Å². The maximum absolute atomic E-state index is 4.75. The van der Waals surface area contributed by atoms with Crippen molar-refractivity contribution in [3.05, 3.63) is 152 Å². The molecule has 3 aromatic carbocycles. The number of aliphatic imine (C=N–C) groups is 3. The van der Waals surface area contributed by atoms with E-state index in [-0.39, 0.29) is 36.4 Å². The Morgan fingerprint density at radius 1 is 0.475 bits per heavy atom. The van der Waals surface area contributed by atoms with E-state index in [1.807, 2.05) is 116 Å². The molecule has 0 fully saturated rings. The zero-order valence-electron chi connectivity index (χ0n) is 38.1. The van der Waals surface area contributed by atoms with Gasteiger partial charge in [0, 0.05) is 50.1 Å². The number of pyridine rings is 3. The number of aromatic nitrogens is 3. The van der Waals surface area contributed by atoms with Crippen LogP contribution in [-0.4, -0.2) is 32.1 Å². The molecule has 3 aromatic heterocycles. The Hall–Kier alpha value is -5.36. The van der Waals surface area contributed by atoms with Crippen molar-refractivity contribution < 1.29 is 20.1 Å². The summed E-state index contributed by atoms with van der Waals surface area (Å²) in [4.78, 5) is 27.2. The van der Waals surface area contributed by atoms with E-state index in [1.165, 1.54) is 11.4 Å². The molecule has 0 N–H and O–H groups in total. The Morgan fingerprint density at radius 2 is 0.803 bits per heavy atom. The quantitative estimate of drug-likeness (QED) is 0.107. The van der Waals surface area contributed by atoms with Crippen LogP contribution < -0.4 is 0 Å². The maximum atomic E-state index is 4.75. The summed E-state index contributed by atoms with van der Waals surface area (Å²) in [6.45, 7) is 26.0. The molecule has 321 valence electrons. The van der Waals surface area contributed by atoms with E-state index in [9.17, 15) is 0 Å². The van der Waals surface area contributed by atoms with Gasteiger partial charge in [0.1, 0.15) is 0 Å². The minimum Gasteiger partial charge on any atom is -0.350 e. The SMILES string of the molecule is CCC(=Nc1c[c-]c(-c2ccccn2)cc1)C(C)(C)C.CCC(=Nc1c[c-]c(-c2ccccn2)cc1)C(C)(C)C.C[CH-]C(=Nc1c[c-]c(-c2ccccn2)cc1)C(C)(C)C.[Ir]. The van der Waals surface area contributed by atoms with E-state index in [4.69, 9.17) is 15.0 Å². The fourth-order valence-corrected chi connectivity index (χ4v) is 6.17. The van der Waals surface area contributed by atoms with Gasteiger partial charge in [-0.1, -0.05) is 113 Å². The first-order chi connectivity index (χ1) is 28.5. The molecule has 0 aliphatic carbocycles. The molecule has 0 aliphatic rings. The van der Waals surface area contributed by atoms with Gasteiger partial charge in [0.15, 0.2) is 0 Å². The van der Waals surface area contributed by atoms with E-state index in [0.717, 1.165) is 69.4 Å². The summed E-state index contributed by atoms with van der Waals surface area (Å²) in [5.74, 6) is 0. The molecular weight excluding hydrogens is 925 g/mol. The fraction of sp³-hybridized carbons (Fsp3) is 0.315. The predicted octanol–water partition coefficient (Wildman–Crippen LogP) is 15.0. The van der Waals surface area contributed by atoms with E-state index < -0.39 is 0 Å². The number of nitrogens with zero attached hydrogens (tertiary/aromatic N) is 6. The Balaban J connectivity index is 0.000000242. The van der Waals surface area contributed by atoms with Crippen molar-refractivity contribution in [2.45, 2.75) is 95.9 Å². The van der Waals surface area contributed by atoms with Crippen LogP contribution in [0.3, 0.4) is 0 Å². The molecule has 0 atom stereocenters. The van der Waals surface area contributed by atoms with Gasteiger partial charge in [-0.25, -0.2) is 0 Å². The summed E-state index contributed by atoms with van der Waals surface area (Å²) in [6, 6.07) is 45.3. The van der Waals surface area contributed by atoms with Crippen LogP contribution in [-0.2, 0) is 20.1 Å². The van der Waals surface area contributed by atoms with E-state index in [2.05, 4.69) is 116 Å². The summed E-state index contributed by atoms with van der Waals surface area (Å²) >= 11 is 0. The van der Waals surface area contributed by atoms with Gasteiger partial charge in [-0.3, -0.25) is 0 Å². The third-order valence-corrected chi connectivity index (χ3v) is 9.43. The molecule has 61 heavy (non-hydrogen) atoms. The Morgan fingerprint density at radius 3 is 1.02 bits per heavy atom. The largest absolute Gasteiger partial charge is 0.350 e. The number of rotatable bonds is 9. The summed E-state index contributed by atoms with van der Waals surface area (Å²) in [5.41, 5.74) is 12.4. The summed E-state index contributed by atoms with van der Waals surface area (Å²) in [7, 11) is 0. The Bertz CT molecular complexity index is 2000. The molecular formula is C54H62IrN6-4. The van der Waals surface area contributed by atoms with Crippen LogP contribution in [0.2, 0.25) is 0 Å². The van der Waals surface area contributed by atoms with Crippen molar-refractivity contribution in [2.75, 3.05) is 0 Å². The van der Waals surface area contributed by atoms with Gasteiger partial charge in [0.25, 0.3) is 0 Å². The van der Waals surface area contributed by atoms with Gasteiger partial charge in [0.2, 0.25) is 0 Å². The van der Waals surface area contributed by atoms with Gasteiger partial charge in [-0.05, 0) is 81.4 Å². The first-order valence-electron chi connectivity index (χ1n) is 20.9. The molecule has 1 radical (unpaired) electrons. The van der Waals surface area contributed by atoms with Crippen molar-refractivity contribution in [3.8, 4) is 33.8 Å². The summed E-state index contributed by atoms with van der Waals surface area (Å²) < 4.78 is 0. The topological polar surface area (TPSA) is 75.8 Å². The monoisotopic (exact) mass is 987 g/mol. The molecule has 0 amide bonds. The number of hydrogen-bond acceptors (Lipinski definition) is 6. The van der Waals surface area contributed by atoms with Crippen LogP contribution in [0.5, 0.6) is 0 Å². The minimum atomic E-state index is 0. The molecule has 6 aromatic rings. The van der Waals surface area contributed by atoms with Crippen molar-refractivity contribution in [2.24, 2.45) is 31.2 Å². The van der Waals surface area contributed by atoms with Crippen molar-refractivity contribution >= 4 is 34.2 Å². The van der Waals surface area contributed by atoms with Crippen molar-refractivity contribution in [1.82, 2.24) is 15.0 Å². The maximum Gasteiger partial charge on any atom is 0.0160 e. The van der Waals surface area contributed by atoms with Crippen molar-refractivity contribution in [1.29, 1.82) is 0 Å². The second kappa shape index (κ2) is 23.6. The predicted molar refractivity (Wildman–Crippen MR) is 256 cm³/mol. The van der Waals surface area contributed by atoms with Gasteiger partial charge in [-0.2, -0.15) is 6.92 Å². The van der Waals surface area contributed by atoms with Gasteiger partial charge >= 0.3 is 0 Å². The molecule has 6 nitrogen and oxygen atoms in total. The first-order valence-corrected chi connectivity index (χ1v) is 20.9. The Kier molecular flexibility index (Phi) is 19.3.